The zero-order valence-corrected chi connectivity index (χ0v) is 12.5. The molecule has 1 N–H and O–H groups in total. The van der Waals surface area contributed by atoms with Crippen molar-refractivity contribution in [3.05, 3.63) is 65.5 Å². The second-order valence-corrected chi connectivity index (χ2v) is 4.60. The fraction of sp³-hybridized carbons (Fsp3) is 0.167. The van der Waals surface area contributed by atoms with Gasteiger partial charge in [0.05, 0.1) is 0 Å². The Labute approximate surface area is 134 Å². The van der Waals surface area contributed by atoms with Gasteiger partial charge in [-0.05, 0) is 23.6 Å². The molecule has 1 aromatic carbocycles. The monoisotopic (exact) mass is 308 g/mol. The summed E-state index contributed by atoms with van der Waals surface area (Å²) in [4.78, 5) is 26.4. The van der Waals surface area contributed by atoms with Crippen LogP contribution in [0.25, 0.3) is 0 Å². The largest absolute Gasteiger partial charge is 0.445 e. The summed E-state index contributed by atoms with van der Waals surface area (Å²) in [6.07, 6.45) is 2.25. The van der Waals surface area contributed by atoms with Crippen molar-refractivity contribution in [1.29, 1.82) is 0 Å². The van der Waals surface area contributed by atoms with Gasteiger partial charge in [0.15, 0.2) is 6.29 Å². The SMILES string of the molecule is O=Cc1cccnc1C#CCCNC(=O)OCc1ccccc1. The highest BCUT2D eigenvalue weighted by molar-refractivity contribution is 5.78. The number of carbonyl (C=O) groups excluding carboxylic acids is 2. The Balaban J connectivity index is 1.70. The summed E-state index contributed by atoms with van der Waals surface area (Å²) in [5, 5.41) is 2.61. The van der Waals surface area contributed by atoms with Crippen LogP contribution >= 0.6 is 0 Å². The van der Waals surface area contributed by atoms with Gasteiger partial charge >= 0.3 is 6.09 Å². The molecule has 0 aliphatic rings. The molecule has 0 saturated heterocycles. The van der Waals surface area contributed by atoms with E-state index in [4.69, 9.17) is 4.74 Å². The van der Waals surface area contributed by atoms with Crippen LogP contribution in [0.1, 0.15) is 28.0 Å². The van der Waals surface area contributed by atoms with E-state index >= 15 is 0 Å². The lowest BCUT2D eigenvalue weighted by molar-refractivity contribution is 0.112. The van der Waals surface area contributed by atoms with Gasteiger partial charge in [-0.15, -0.1) is 0 Å². The molecule has 2 aromatic rings. The molecule has 1 amide bonds. The van der Waals surface area contributed by atoms with Crippen LogP contribution in [0, 0.1) is 11.8 Å². The Morgan fingerprint density at radius 1 is 1.22 bits per heavy atom. The number of hydrogen-bond acceptors (Lipinski definition) is 4. The number of amides is 1. The number of hydrogen-bond donors (Lipinski definition) is 1. The number of nitrogens with one attached hydrogen (secondary N) is 1. The third-order valence-electron chi connectivity index (χ3n) is 2.90. The summed E-state index contributed by atoms with van der Waals surface area (Å²) < 4.78 is 5.07. The molecule has 5 heteroatoms. The van der Waals surface area contributed by atoms with Crippen molar-refractivity contribution >= 4 is 12.4 Å². The van der Waals surface area contributed by atoms with Gasteiger partial charge < -0.3 is 10.1 Å². The number of pyridine rings is 1. The molecule has 0 fully saturated rings. The first-order valence-electron chi connectivity index (χ1n) is 7.13. The molecular weight excluding hydrogens is 292 g/mol. The Kier molecular flexibility index (Phi) is 6.36. The number of nitrogens with zero attached hydrogens (tertiary/aromatic N) is 1. The van der Waals surface area contributed by atoms with Gasteiger partial charge in [-0.25, -0.2) is 9.78 Å². The van der Waals surface area contributed by atoms with Gasteiger partial charge in [-0.2, -0.15) is 0 Å². The molecule has 0 bridgehead atoms. The second kappa shape index (κ2) is 9.00. The minimum Gasteiger partial charge on any atom is -0.445 e. The number of ether oxygens (including phenoxy) is 1. The molecule has 1 aromatic heterocycles. The summed E-state index contributed by atoms with van der Waals surface area (Å²) in [7, 11) is 0. The molecule has 0 saturated carbocycles. The highest BCUT2D eigenvalue weighted by Gasteiger charge is 2.01. The third-order valence-corrected chi connectivity index (χ3v) is 2.90. The van der Waals surface area contributed by atoms with Crippen molar-refractivity contribution in [2.45, 2.75) is 13.0 Å². The maximum atomic E-state index is 11.5. The first kappa shape index (κ1) is 16.2. The molecule has 116 valence electrons. The van der Waals surface area contributed by atoms with Gasteiger partial charge in [-0.1, -0.05) is 36.3 Å². The summed E-state index contributed by atoms with van der Waals surface area (Å²) >= 11 is 0. The molecule has 0 aliphatic heterocycles. The van der Waals surface area contributed by atoms with Gasteiger partial charge in [0, 0.05) is 24.7 Å². The Morgan fingerprint density at radius 2 is 2.04 bits per heavy atom. The van der Waals surface area contributed by atoms with Crippen LogP contribution in [0.5, 0.6) is 0 Å². The first-order valence-corrected chi connectivity index (χ1v) is 7.13. The molecule has 0 radical (unpaired) electrons. The van der Waals surface area contributed by atoms with Crippen molar-refractivity contribution < 1.29 is 14.3 Å². The number of carbonyl (C=O) groups is 2. The van der Waals surface area contributed by atoms with E-state index < -0.39 is 6.09 Å². The van der Waals surface area contributed by atoms with E-state index in [0.29, 0.717) is 24.2 Å². The van der Waals surface area contributed by atoms with E-state index in [2.05, 4.69) is 22.1 Å². The minimum absolute atomic E-state index is 0.231. The summed E-state index contributed by atoms with van der Waals surface area (Å²) in [6, 6.07) is 12.8. The van der Waals surface area contributed by atoms with Crippen LogP contribution in [-0.2, 0) is 11.3 Å². The van der Waals surface area contributed by atoms with E-state index in [1.807, 2.05) is 30.3 Å². The zero-order chi connectivity index (χ0) is 16.3. The fourth-order valence-electron chi connectivity index (χ4n) is 1.76. The summed E-state index contributed by atoms with van der Waals surface area (Å²) in [5.74, 6) is 5.68. The van der Waals surface area contributed by atoms with Crippen LogP contribution in [-0.4, -0.2) is 23.9 Å². The molecule has 0 atom stereocenters. The molecular formula is C18H16N2O3. The molecule has 0 unspecified atom stereocenters. The van der Waals surface area contributed by atoms with E-state index in [-0.39, 0.29) is 6.61 Å². The summed E-state index contributed by atoms with van der Waals surface area (Å²) in [5.41, 5.74) is 1.82. The third kappa shape index (κ3) is 5.64. The Bertz CT molecular complexity index is 718. The van der Waals surface area contributed by atoms with Crippen molar-refractivity contribution in [1.82, 2.24) is 10.3 Å². The Morgan fingerprint density at radius 3 is 2.83 bits per heavy atom. The fourth-order valence-corrected chi connectivity index (χ4v) is 1.76. The van der Waals surface area contributed by atoms with E-state index in [9.17, 15) is 9.59 Å². The Hall–Kier alpha value is -3.13. The van der Waals surface area contributed by atoms with Gasteiger partial charge in [0.25, 0.3) is 0 Å². The van der Waals surface area contributed by atoms with Crippen molar-refractivity contribution in [2.75, 3.05) is 6.54 Å². The smallest absolute Gasteiger partial charge is 0.407 e. The van der Waals surface area contributed by atoms with Crippen molar-refractivity contribution in [2.24, 2.45) is 0 Å². The second-order valence-electron chi connectivity index (χ2n) is 4.60. The molecule has 2 rings (SSSR count). The van der Waals surface area contributed by atoms with Crippen LogP contribution in [0.3, 0.4) is 0 Å². The average molecular weight is 308 g/mol. The predicted molar refractivity (Wildman–Crippen MR) is 85.7 cm³/mol. The lowest BCUT2D eigenvalue weighted by Crippen LogP contribution is -2.24. The molecule has 0 spiro atoms. The quantitative estimate of drug-likeness (QED) is 0.523. The number of rotatable bonds is 5. The first-order chi connectivity index (χ1) is 11.3. The standard InChI is InChI=1S/C18H16N2O3/c21-13-16-9-6-12-19-17(16)10-4-5-11-20-18(22)23-14-15-7-2-1-3-8-15/h1-3,6-9,12-13H,5,11,14H2,(H,20,22). The van der Waals surface area contributed by atoms with Crippen LogP contribution in [0.15, 0.2) is 48.7 Å². The lowest BCUT2D eigenvalue weighted by atomic mass is 10.2. The topological polar surface area (TPSA) is 68.3 Å². The number of aromatic nitrogens is 1. The predicted octanol–water partition coefficient (Wildman–Crippen LogP) is 2.56. The van der Waals surface area contributed by atoms with E-state index in [0.717, 1.165) is 11.8 Å². The van der Waals surface area contributed by atoms with Crippen LogP contribution in [0.2, 0.25) is 0 Å². The highest BCUT2D eigenvalue weighted by atomic mass is 16.5. The summed E-state index contributed by atoms with van der Waals surface area (Å²) in [6.45, 7) is 0.596. The van der Waals surface area contributed by atoms with Crippen molar-refractivity contribution in [3.63, 3.8) is 0 Å². The average Bonchev–Trinajstić information content (AvgIpc) is 2.61. The number of alkyl carbamates (subject to hydrolysis) is 1. The normalized spacial score (nSPS) is 9.39. The lowest BCUT2D eigenvalue weighted by Gasteiger charge is -2.05. The van der Waals surface area contributed by atoms with Crippen LogP contribution < -0.4 is 5.32 Å². The van der Waals surface area contributed by atoms with Gasteiger partial charge in [0.2, 0.25) is 0 Å². The maximum absolute atomic E-state index is 11.5. The van der Waals surface area contributed by atoms with Crippen LogP contribution in [0.4, 0.5) is 4.79 Å². The minimum atomic E-state index is -0.484. The molecule has 23 heavy (non-hydrogen) atoms. The van der Waals surface area contributed by atoms with E-state index in [1.54, 1.807) is 18.3 Å². The van der Waals surface area contributed by atoms with Crippen molar-refractivity contribution in [3.8, 4) is 11.8 Å². The van der Waals surface area contributed by atoms with Gasteiger partial charge in [-0.3, -0.25) is 4.79 Å². The molecule has 0 aliphatic carbocycles. The maximum Gasteiger partial charge on any atom is 0.407 e. The van der Waals surface area contributed by atoms with Gasteiger partial charge in [0.1, 0.15) is 12.3 Å². The number of aldehydes is 1. The molecule has 1 heterocycles. The van der Waals surface area contributed by atoms with E-state index in [1.165, 1.54) is 0 Å². The zero-order valence-electron chi connectivity index (χ0n) is 12.5. The molecule has 5 nitrogen and oxygen atoms in total. The number of benzene rings is 1. The highest BCUT2D eigenvalue weighted by Crippen LogP contribution is 2.01.